The van der Waals surface area contributed by atoms with Crippen molar-refractivity contribution >= 4 is 29.5 Å². The van der Waals surface area contributed by atoms with Crippen LogP contribution in [-0.4, -0.2) is 51.8 Å². The van der Waals surface area contributed by atoms with Crippen molar-refractivity contribution in [3.05, 3.63) is 11.1 Å². The Labute approximate surface area is 324 Å². The molecule has 2 amide bonds. The first-order chi connectivity index (χ1) is 24.7. The molecule has 6 rings (SSSR count). The zero-order valence-electron chi connectivity index (χ0n) is 35.6. The summed E-state index contributed by atoms with van der Waals surface area (Å²) in [5.74, 6) is -0.957. The molecule has 9 heteroatoms. The second-order valence-corrected chi connectivity index (χ2v) is 22.0. The Morgan fingerprint density at radius 1 is 0.833 bits per heavy atom. The number of Topliss-reactive ketones (excluding diaryl/α,β-unsaturated/α-hetero) is 1. The van der Waals surface area contributed by atoms with Gasteiger partial charge in [-0.15, -0.1) is 0 Å². The first-order valence-corrected chi connectivity index (χ1v) is 21.0. The molecule has 0 bridgehead atoms. The minimum Gasteiger partial charge on any atom is -0.481 e. The van der Waals surface area contributed by atoms with Crippen molar-refractivity contribution in [1.29, 1.82) is 0 Å². The molecule has 11 atom stereocenters. The van der Waals surface area contributed by atoms with E-state index in [9.17, 15) is 29.1 Å². The van der Waals surface area contributed by atoms with Crippen LogP contribution in [0.25, 0.3) is 0 Å². The molecule has 3 N–H and O–H groups in total. The van der Waals surface area contributed by atoms with E-state index in [1.807, 2.05) is 34.6 Å². The normalized spacial score (nSPS) is 41.4. The molecule has 5 fully saturated rings. The number of aliphatic carboxylic acids is 1. The van der Waals surface area contributed by atoms with Gasteiger partial charge in [0.2, 0.25) is 11.8 Å². The average molecular weight is 751 g/mol. The lowest BCUT2D eigenvalue weighted by atomic mass is 9.34. The molecule has 5 saturated carbocycles. The van der Waals surface area contributed by atoms with Gasteiger partial charge in [-0.3, -0.25) is 24.0 Å². The van der Waals surface area contributed by atoms with Crippen LogP contribution < -0.4 is 10.6 Å². The largest absolute Gasteiger partial charge is 0.481 e. The number of carbonyl (C=O) groups excluding carboxylic acids is 4. The van der Waals surface area contributed by atoms with E-state index in [1.54, 1.807) is 13.8 Å². The Morgan fingerprint density at radius 3 is 2.06 bits per heavy atom. The van der Waals surface area contributed by atoms with Crippen molar-refractivity contribution in [2.24, 2.45) is 68.5 Å². The summed E-state index contributed by atoms with van der Waals surface area (Å²) in [4.78, 5) is 66.4. The van der Waals surface area contributed by atoms with Gasteiger partial charge in [0.25, 0.3) is 0 Å². The number of fused-ring (bicyclic) bond motifs is 7. The van der Waals surface area contributed by atoms with Gasteiger partial charge in [0.15, 0.2) is 5.78 Å². The number of hydrogen-bond acceptors (Lipinski definition) is 6. The number of carbonyl (C=O) groups is 5. The predicted octanol–water partition coefficient (Wildman–Crippen LogP) is 8.05. The highest BCUT2D eigenvalue weighted by Gasteiger charge is 2.69. The van der Waals surface area contributed by atoms with Crippen LogP contribution in [0.3, 0.4) is 0 Å². The van der Waals surface area contributed by atoms with E-state index in [0.717, 1.165) is 50.5 Å². The first-order valence-electron chi connectivity index (χ1n) is 21.0. The summed E-state index contributed by atoms with van der Waals surface area (Å²) in [5, 5.41) is 16.0. The quantitative estimate of drug-likeness (QED) is 0.224. The molecule has 2 unspecified atom stereocenters. The second-order valence-electron chi connectivity index (χ2n) is 22.0. The number of nitrogens with one attached hydrogen (secondary N) is 2. The van der Waals surface area contributed by atoms with Crippen LogP contribution in [0.4, 0.5) is 0 Å². The van der Waals surface area contributed by atoms with E-state index in [0.29, 0.717) is 24.7 Å². The maximum absolute atomic E-state index is 14.2. The third kappa shape index (κ3) is 5.92. The number of ketones is 1. The molecule has 0 aromatic heterocycles. The van der Waals surface area contributed by atoms with Gasteiger partial charge in [0.05, 0.1) is 17.4 Å². The van der Waals surface area contributed by atoms with Crippen molar-refractivity contribution in [3.63, 3.8) is 0 Å². The van der Waals surface area contributed by atoms with Gasteiger partial charge in [0.1, 0.15) is 11.6 Å². The Balaban J connectivity index is 1.25. The van der Waals surface area contributed by atoms with E-state index in [1.165, 1.54) is 5.57 Å². The van der Waals surface area contributed by atoms with Crippen molar-refractivity contribution in [2.75, 3.05) is 0 Å². The second kappa shape index (κ2) is 12.9. The van der Waals surface area contributed by atoms with Crippen LogP contribution in [0.15, 0.2) is 11.1 Å². The van der Waals surface area contributed by atoms with E-state index in [2.05, 4.69) is 52.2 Å². The predicted molar refractivity (Wildman–Crippen MR) is 208 cm³/mol. The maximum atomic E-state index is 14.2. The standard InChI is InChI=1S/C45H70N2O7/c1-24(2)33-30(48)23-45(47-38(53)41(9,10)46-37(52)39(4,5)6)21-20-43(12)27(34(33)45)14-15-32-42(11)18-17-31(25(3)26(42)16-19-44(32,43)13)54-36(51)29-22-28(35(49)50)40(29,7)8/h24-29,31-32H,14-23H2,1-13H3,(H,46,52)(H,47,53)(H,49,50)/t25-,26?,27-,28+,29-,31+,32?,42+,43-,44-,45-/m1/s1. The van der Waals surface area contributed by atoms with Gasteiger partial charge >= 0.3 is 11.9 Å². The summed E-state index contributed by atoms with van der Waals surface area (Å²) < 4.78 is 6.30. The molecule has 0 radical (unpaired) electrons. The summed E-state index contributed by atoms with van der Waals surface area (Å²) in [6, 6.07) is 0. The summed E-state index contributed by atoms with van der Waals surface area (Å²) in [7, 11) is 0. The highest BCUT2D eigenvalue weighted by atomic mass is 16.5. The zero-order chi connectivity index (χ0) is 40.4. The van der Waals surface area contributed by atoms with Crippen LogP contribution in [0.2, 0.25) is 0 Å². The van der Waals surface area contributed by atoms with Gasteiger partial charge in [-0.1, -0.05) is 76.2 Å². The Kier molecular flexibility index (Phi) is 9.79. The van der Waals surface area contributed by atoms with E-state index in [4.69, 9.17) is 4.74 Å². The Bertz CT molecular complexity index is 1650. The molecule has 54 heavy (non-hydrogen) atoms. The lowest BCUT2D eigenvalue weighted by molar-refractivity contribution is -0.217. The van der Waals surface area contributed by atoms with Crippen LogP contribution in [0.5, 0.6) is 0 Å². The van der Waals surface area contributed by atoms with Crippen molar-refractivity contribution < 1.29 is 33.8 Å². The van der Waals surface area contributed by atoms with Crippen molar-refractivity contribution in [2.45, 2.75) is 171 Å². The Hall–Kier alpha value is -2.71. The molecule has 9 nitrogen and oxygen atoms in total. The molecule has 0 aromatic rings. The lowest BCUT2D eigenvalue weighted by Crippen LogP contribution is -2.68. The number of rotatable bonds is 7. The van der Waals surface area contributed by atoms with Crippen molar-refractivity contribution in [1.82, 2.24) is 10.6 Å². The van der Waals surface area contributed by atoms with Crippen molar-refractivity contribution in [3.8, 4) is 0 Å². The monoisotopic (exact) mass is 751 g/mol. The van der Waals surface area contributed by atoms with Crippen LogP contribution >= 0.6 is 0 Å². The van der Waals surface area contributed by atoms with Gasteiger partial charge in [-0.2, -0.15) is 0 Å². The average Bonchev–Trinajstić information content (AvgIpc) is 3.33. The van der Waals surface area contributed by atoms with Crippen LogP contribution in [0.1, 0.15) is 154 Å². The van der Waals surface area contributed by atoms with Gasteiger partial charge in [-0.25, -0.2) is 0 Å². The van der Waals surface area contributed by atoms with Gasteiger partial charge in [-0.05, 0) is 134 Å². The van der Waals surface area contributed by atoms with Crippen LogP contribution in [-0.2, 0) is 28.7 Å². The molecule has 0 aliphatic heterocycles. The lowest BCUT2D eigenvalue weighted by Gasteiger charge is -2.71. The topological polar surface area (TPSA) is 139 Å². The molecular weight excluding hydrogens is 681 g/mol. The molecule has 0 spiro atoms. The maximum Gasteiger partial charge on any atom is 0.309 e. The molecule has 6 aliphatic rings. The fourth-order valence-electron chi connectivity index (χ4n) is 13.4. The number of carboxylic acid groups (broad SMARTS) is 1. The highest BCUT2D eigenvalue weighted by Crippen LogP contribution is 2.75. The van der Waals surface area contributed by atoms with Gasteiger partial charge in [0, 0.05) is 11.8 Å². The molecule has 6 aliphatic carbocycles. The Morgan fingerprint density at radius 2 is 1.48 bits per heavy atom. The zero-order valence-corrected chi connectivity index (χ0v) is 35.6. The summed E-state index contributed by atoms with van der Waals surface area (Å²) in [6.07, 6.45) is 8.01. The summed E-state index contributed by atoms with van der Waals surface area (Å²) in [6.45, 7) is 26.8. The molecule has 0 aromatic carbocycles. The SMILES string of the molecule is CC(C)C1=C2[C@H]3CCC4[C@@]5(C)CC[C@H](OC(=O)[C@H]6C[C@@H](C(=O)O)C6(C)C)[C@H](C)C5CC[C@@]4(C)[C@]3(C)CC[C@@]2(NC(=O)C(C)(C)NC(=O)C(C)(C)C)CC1=O. The smallest absolute Gasteiger partial charge is 0.309 e. The fourth-order valence-corrected chi connectivity index (χ4v) is 13.4. The first kappa shape index (κ1) is 40.9. The third-order valence-corrected chi connectivity index (χ3v) is 17.1. The number of allylic oxidation sites excluding steroid dienone is 1. The number of ether oxygens (including phenoxy) is 1. The summed E-state index contributed by atoms with van der Waals surface area (Å²) in [5.41, 5.74) is -1.05. The third-order valence-electron chi connectivity index (χ3n) is 17.1. The van der Waals surface area contributed by atoms with Gasteiger partial charge < -0.3 is 20.5 Å². The number of esters is 1. The minimum atomic E-state index is -1.15. The molecule has 0 heterocycles. The number of carboxylic acids is 1. The fraction of sp³-hybridized carbons (Fsp3) is 0.844. The number of amides is 2. The van der Waals surface area contributed by atoms with E-state index in [-0.39, 0.29) is 76.0 Å². The number of hydrogen-bond donors (Lipinski definition) is 3. The molecule has 0 saturated heterocycles. The molecule has 302 valence electrons. The highest BCUT2D eigenvalue weighted by molar-refractivity contribution is 6.03. The minimum absolute atomic E-state index is 0.0169. The molecular formula is C45H70N2O7. The summed E-state index contributed by atoms with van der Waals surface area (Å²) >= 11 is 0. The van der Waals surface area contributed by atoms with Crippen LogP contribution in [0, 0.1) is 68.5 Å². The van der Waals surface area contributed by atoms with E-state index >= 15 is 0 Å². The van der Waals surface area contributed by atoms with E-state index < -0.39 is 33.8 Å².